The molecule has 3 aromatic rings. The fraction of sp³-hybridized carbons (Fsp3) is 0.214. The summed E-state index contributed by atoms with van der Waals surface area (Å²) in [4.78, 5) is 28.3. The molecular weight excluding hydrogens is 428 g/mol. The van der Waals surface area contributed by atoms with Gasteiger partial charge in [-0.25, -0.2) is 4.90 Å². The number of amides is 2. The summed E-state index contributed by atoms with van der Waals surface area (Å²) in [6, 6.07) is 21.8. The van der Waals surface area contributed by atoms with E-state index in [1.54, 1.807) is 43.5 Å². The normalized spacial score (nSPS) is 13.6. The maximum Gasteiger partial charge on any atom is 0.282 e. The molecule has 0 saturated heterocycles. The molecule has 0 unspecified atom stereocenters. The lowest BCUT2D eigenvalue weighted by Crippen LogP contribution is -2.32. The maximum atomic E-state index is 13.6. The summed E-state index contributed by atoms with van der Waals surface area (Å²) < 4.78 is 11.0. The molecule has 6 nitrogen and oxygen atoms in total. The third-order valence-corrected chi connectivity index (χ3v) is 5.46. The van der Waals surface area contributed by atoms with Crippen molar-refractivity contribution in [2.45, 2.75) is 20.8 Å². The molecule has 2 amide bonds. The number of hydrogen-bond donors (Lipinski definition) is 1. The number of nitrogens with one attached hydrogen (secondary N) is 1. The van der Waals surface area contributed by atoms with Gasteiger partial charge in [-0.1, -0.05) is 43.7 Å². The van der Waals surface area contributed by atoms with Crippen LogP contribution < -0.4 is 19.7 Å². The van der Waals surface area contributed by atoms with Crippen LogP contribution in [0.5, 0.6) is 11.5 Å². The zero-order valence-corrected chi connectivity index (χ0v) is 19.8. The van der Waals surface area contributed by atoms with Gasteiger partial charge in [0.2, 0.25) is 0 Å². The molecule has 0 aliphatic carbocycles. The second-order valence-electron chi connectivity index (χ2n) is 8.61. The summed E-state index contributed by atoms with van der Waals surface area (Å²) in [6.07, 6.45) is 0. The molecule has 0 spiro atoms. The minimum absolute atomic E-state index is 0.228. The Balaban J connectivity index is 1.72. The van der Waals surface area contributed by atoms with E-state index in [0.717, 1.165) is 11.3 Å². The fourth-order valence-corrected chi connectivity index (χ4v) is 3.64. The van der Waals surface area contributed by atoms with Crippen LogP contribution in [0.25, 0.3) is 5.57 Å². The van der Waals surface area contributed by atoms with Crippen LogP contribution in [-0.2, 0) is 9.59 Å². The van der Waals surface area contributed by atoms with Crippen molar-refractivity contribution in [2.75, 3.05) is 23.9 Å². The van der Waals surface area contributed by atoms with Crippen LogP contribution in [0.4, 0.5) is 11.4 Å². The van der Waals surface area contributed by atoms with E-state index in [1.807, 2.05) is 43.3 Å². The van der Waals surface area contributed by atoms with Gasteiger partial charge in [0.15, 0.2) is 0 Å². The Morgan fingerprint density at radius 3 is 2.03 bits per heavy atom. The summed E-state index contributed by atoms with van der Waals surface area (Å²) >= 11 is 0. The molecule has 0 fully saturated rings. The quantitative estimate of drug-likeness (QED) is 0.458. The molecule has 0 aromatic heterocycles. The van der Waals surface area contributed by atoms with E-state index in [9.17, 15) is 9.59 Å². The van der Waals surface area contributed by atoms with Crippen molar-refractivity contribution in [3.63, 3.8) is 0 Å². The second-order valence-corrected chi connectivity index (χ2v) is 8.61. The van der Waals surface area contributed by atoms with E-state index in [0.29, 0.717) is 40.8 Å². The highest BCUT2D eigenvalue weighted by molar-refractivity contribution is 6.46. The van der Waals surface area contributed by atoms with Gasteiger partial charge in [0.25, 0.3) is 11.8 Å². The van der Waals surface area contributed by atoms with E-state index >= 15 is 0 Å². The molecule has 1 aliphatic heterocycles. The van der Waals surface area contributed by atoms with Crippen LogP contribution in [0.15, 0.2) is 78.5 Å². The van der Waals surface area contributed by atoms with Crippen LogP contribution in [-0.4, -0.2) is 25.5 Å². The van der Waals surface area contributed by atoms with Crippen molar-refractivity contribution in [2.24, 2.45) is 5.92 Å². The Hall–Kier alpha value is -4.06. The molecule has 3 aromatic carbocycles. The molecule has 0 atom stereocenters. The van der Waals surface area contributed by atoms with E-state index in [1.165, 1.54) is 4.90 Å². The lowest BCUT2D eigenvalue weighted by molar-refractivity contribution is -0.120. The van der Waals surface area contributed by atoms with Gasteiger partial charge < -0.3 is 14.8 Å². The highest BCUT2D eigenvalue weighted by Crippen LogP contribution is 2.34. The zero-order chi connectivity index (χ0) is 24.2. The molecule has 0 bridgehead atoms. The zero-order valence-electron chi connectivity index (χ0n) is 19.8. The second kappa shape index (κ2) is 9.83. The number of benzene rings is 3. The van der Waals surface area contributed by atoms with Crippen molar-refractivity contribution in [1.29, 1.82) is 0 Å². The largest absolute Gasteiger partial charge is 0.497 e. The summed E-state index contributed by atoms with van der Waals surface area (Å²) in [6.45, 7) is 6.73. The average Bonchev–Trinajstić information content (AvgIpc) is 3.08. The Morgan fingerprint density at radius 2 is 1.44 bits per heavy atom. The number of imide groups is 1. The molecule has 1 N–H and O–H groups in total. The Bertz CT molecular complexity index is 1210. The molecule has 1 aliphatic rings. The summed E-state index contributed by atoms with van der Waals surface area (Å²) in [7, 11) is 1.59. The number of carbonyl (C=O) groups is 2. The minimum Gasteiger partial charge on any atom is -0.497 e. The number of anilines is 2. The highest BCUT2D eigenvalue weighted by Gasteiger charge is 2.40. The average molecular weight is 457 g/mol. The molecule has 4 rings (SSSR count). The first-order valence-electron chi connectivity index (χ1n) is 11.2. The summed E-state index contributed by atoms with van der Waals surface area (Å²) in [5.74, 6) is 1.04. The van der Waals surface area contributed by atoms with Crippen LogP contribution in [0.1, 0.15) is 25.0 Å². The number of nitrogens with zero attached hydrogens (tertiary/aromatic N) is 1. The van der Waals surface area contributed by atoms with E-state index in [-0.39, 0.29) is 11.6 Å². The van der Waals surface area contributed by atoms with Crippen molar-refractivity contribution >= 4 is 28.8 Å². The van der Waals surface area contributed by atoms with Gasteiger partial charge in [0, 0.05) is 5.69 Å². The molecule has 34 heavy (non-hydrogen) atoms. The van der Waals surface area contributed by atoms with Gasteiger partial charge in [-0.05, 0) is 66.9 Å². The first-order valence-corrected chi connectivity index (χ1v) is 11.2. The number of carbonyl (C=O) groups excluding carboxylic acids is 2. The topological polar surface area (TPSA) is 67.9 Å². The van der Waals surface area contributed by atoms with Crippen molar-refractivity contribution in [1.82, 2.24) is 0 Å². The predicted octanol–water partition coefficient (Wildman–Crippen LogP) is 5.44. The van der Waals surface area contributed by atoms with E-state index in [4.69, 9.17) is 9.47 Å². The molecule has 1 heterocycles. The van der Waals surface area contributed by atoms with Crippen molar-refractivity contribution < 1.29 is 19.1 Å². The van der Waals surface area contributed by atoms with Gasteiger partial charge in [-0.2, -0.15) is 0 Å². The predicted molar refractivity (Wildman–Crippen MR) is 134 cm³/mol. The van der Waals surface area contributed by atoms with Crippen LogP contribution in [0.3, 0.4) is 0 Å². The highest BCUT2D eigenvalue weighted by atomic mass is 16.5. The minimum atomic E-state index is -0.403. The summed E-state index contributed by atoms with van der Waals surface area (Å²) in [5, 5.41) is 3.17. The van der Waals surface area contributed by atoms with Gasteiger partial charge in [-0.3, -0.25) is 9.59 Å². The first-order chi connectivity index (χ1) is 16.4. The molecule has 6 heteroatoms. The van der Waals surface area contributed by atoms with Crippen LogP contribution in [0, 0.1) is 12.8 Å². The third kappa shape index (κ3) is 4.81. The Morgan fingerprint density at radius 1 is 0.824 bits per heavy atom. The number of methoxy groups -OCH3 is 1. The van der Waals surface area contributed by atoms with Gasteiger partial charge in [0.1, 0.15) is 17.2 Å². The third-order valence-electron chi connectivity index (χ3n) is 5.46. The maximum absolute atomic E-state index is 13.6. The van der Waals surface area contributed by atoms with Gasteiger partial charge in [-0.15, -0.1) is 0 Å². The lowest BCUT2D eigenvalue weighted by atomic mass is 10.0. The van der Waals surface area contributed by atoms with E-state index in [2.05, 4.69) is 19.2 Å². The molecular formula is C28H28N2O4. The monoisotopic (exact) mass is 456 g/mol. The lowest BCUT2D eigenvalue weighted by Gasteiger charge is -2.15. The van der Waals surface area contributed by atoms with Gasteiger partial charge in [0.05, 0.1) is 25.0 Å². The Kier molecular flexibility index (Phi) is 6.68. The van der Waals surface area contributed by atoms with Gasteiger partial charge >= 0.3 is 0 Å². The Labute approximate surface area is 199 Å². The summed E-state index contributed by atoms with van der Waals surface area (Å²) in [5.41, 5.74) is 3.44. The number of rotatable bonds is 8. The molecule has 174 valence electrons. The van der Waals surface area contributed by atoms with Crippen molar-refractivity contribution in [3.05, 3.63) is 89.6 Å². The standard InChI is InChI=1S/C28H28N2O4/c1-18(2)17-34-24-13-7-20(8-14-24)25-26(29-21-9-15-23(33-4)16-10-21)28(32)30(27(25)31)22-11-5-19(3)6-12-22/h5-16,18,29H,17H2,1-4H3. The van der Waals surface area contributed by atoms with Crippen LogP contribution in [0.2, 0.25) is 0 Å². The van der Waals surface area contributed by atoms with Crippen molar-refractivity contribution in [3.8, 4) is 11.5 Å². The first kappa shape index (κ1) is 23.1. The number of ether oxygens (including phenoxy) is 2. The fourth-order valence-electron chi connectivity index (χ4n) is 3.64. The number of aryl methyl sites for hydroxylation is 1. The molecule has 0 radical (unpaired) electrons. The van der Waals surface area contributed by atoms with E-state index < -0.39 is 5.91 Å². The van der Waals surface area contributed by atoms with Crippen LogP contribution >= 0.6 is 0 Å². The molecule has 0 saturated carbocycles. The SMILES string of the molecule is COc1ccc(NC2=C(c3ccc(OCC(C)C)cc3)C(=O)N(c3ccc(C)cc3)C2=O)cc1. The number of hydrogen-bond acceptors (Lipinski definition) is 5. The smallest absolute Gasteiger partial charge is 0.282 e.